The van der Waals surface area contributed by atoms with Gasteiger partial charge in [0.25, 0.3) is 11.1 Å². The van der Waals surface area contributed by atoms with E-state index in [0.29, 0.717) is 35.5 Å². The molecule has 2 unspecified atom stereocenters. The van der Waals surface area contributed by atoms with Crippen molar-refractivity contribution >= 4 is 22.3 Å². The zero-order valence-electron chi connectivity index (χ0n) is 16.6. The maximum Gasteiger partial charge on any atom is 0.278 e. The Labute approximate surface area is 169 Å². The number of aromatic nitrogens is 8. The maximum atomic E-state index is 11.7. The summed E-state index contributed by atoms with van der Waals surface area (Å²) in [5.74, 6) is 0. The molecular weight excluding hydrogens is 392 g/mol. The van der Waals surface area contributed by atoms with Gasteiger partial charge in [-0.15, -0.1) is 0 Å². The molecule has 0 aliphatic heterocycles. The van der Waals surface area contributed by atoms with Crippen molar-refractivity contribution in [1.29, 1.82) is 0 Å². The van der Waals surface area contributed by atoms with Gasteiger partial charge in [-0.2, -0.15) is 0 Å². The molecule has 0 aliphatic rings. The van der Waals surface area contributed by atoms with Gasteiger partial charge in [-0.3, -0.25) is 18.7 Å². The number of hydrogen-bond donors (Lipinski definition) is 2. The molecule has 12 heteroatoms. The molecule has 4 aromatic heterocycles. The summed E-state index contributed by atoms with van der Waals surface area (Å²) in [6.07, 6.45) is 6.79. The van der Waals surface area contributed by atoms with Crippen molar-refractivity contribution in [3.8, 4) is 0 Å². The van der Waals surface area contributed by atoms with Crippen LogP contribution in [0.2, 0.25) is 0 Å². The molecule has 0 saturated carbocycles. The molecule has 30 heavy (non-hydrogen) atoms. The second-order valence-electron chi connectivity index (χ2n) is 6.76. The molecule has 4 heterocycles. The lowest BCUT2D eigenvalue weighted by atomic mass is 10.3. The number of rotatable bonds is 9. The van der Waals surface area contributed by atoms with Gasteiger partial charge in [0.15, 0.2) is 22.3 Å². The lowest BCUT2D eigenvalue weighted by Gasteiger charge is -2.16. The number of nitrogens with one attached hydrogen (secondary N) is 2. The predicted molar refractivity (Wildman–Crippen MR) is 107 cm³/mol. The molecule has 158 valence electrons. The quantitative estimate of drug-likeness (QED) is 0.387. The van der Waals surface area contributed by atoms with Crippen LogP contribution in [-0.2, 0) is 9.47 Å². The first-order valence-electron chi connectivity index (χ1n) is 9.60. The molecule has 0 amide bonds. The lowest BCUT2D eigenvalue weighted by Crippen LogP contribution is -2.13. The van der Waals surface area contributed by atoms with Gasteiger partial charge in [0.05, 0.1) is 25.3 Å². The number of aromatic amines is 2. The molecular formula is C18H22N8O4. The molecule has 12 nitrogen and oxygen atoms in total. The zero-order valence-corrected chi connectivity index (χ0v) is 16.6. The van der Waals surface area contributed by atoms with Gasteiger partial charge in [0.2, 0.25) is 0 Å². The first-order valence-corrected chi connectivity index (χ1v) is 9.60. The van der Waals surface area contributed by atoms with E-state index >= 15 is 0 Å². The minimum absolute atomic E-state index is 0.275. The van der Waals surface area contributed by atoms with Crippen LogP contribution in [0.4, 0.5) is 0 Å². The van der Waals surface area contributed by atoms with Crippen LogP contribution in [0.3, 0.4) is 0 Å². The standard InChI is InChI=1S/C18H22N8O4/c1-11(25-9-23-13-15(25)19-7-21-17(13)27)29-5-3-4-6-30-12(2)26-10-24-14-16(26)20-8-22-18(14)28/h7-12H,3-6H2,1-2H3,(H,19,21,27)(H,20,22,28). The van der Waals surface area contributed by atoms with Crippen LogP contribution in [0.25, 0.3) is 22.3 Å². The van der Waals surface area contributed by atoms with Crippen LogP contribution >= 0.6 is 0 Å². The molecule has 0 bridgehead atoms. The van der Waals surface area contributed by atoms with Gasteiger partial charge in [0.1, 0.15) is 12.5 Å². The highest BCUT2D eigenvalue weighted by Crippen LogP contribution is 2.16. The fourth-order valence-corrected chi connectivity index (χ4v) is 3.13. The number of hydrogen-bond acceptors (Lipinski definition) is 8. The first kappa shape index (κ1) is 19.9. The second kappa shape index (κ2) is 8.55. The van der Waals surface area contributed by atoms with Gasteiger partial charge in [-0.05, 0) is 26.7 Å². The van der Waals surface area contributed by atoms with Gasteiger partial charge >= 0.3 is 0 Å². The average molecular weight is 414 g/mol. The highest BCUT2D eigenvalue weighted by atomic mass is 16.5. The molecule has 0 fully saturated rings. The Morgan fingerprint density at radius 3 is 1.67 bits per heavy atom. The van der Waals surface area contributed by atoms with Crippen LogP contribution in [-0.4, -0.2) is 52.3 Å². The monoisotopic (exact) mass is 414 g/mol. The van der Waals surface area contributed by atoms with Crippen molar-refractivity contribution in [2.24, 2.45) is 0 Å². The highest BCUT2D eigenvalue weighted by Gasteiger charge is 2.14. The fraction of sp³-hybridized carbons (Fsp3) is 0.444. The summed E-state index contributed by atoms with van der Waals surface area (Å²) in [6, 6.07) is 0. The van der Waals surface area contributed by atoms with Crippen molar-refractivity contribution in [3.63, 3.8) is 0 Å². The van der Waals surface area contributed by atoms with Crippen LogP contribution in [0.15, 0.2) is 34.9 Å². The summed E-state index contributed by atoms with van der Waals surface area (Å²) in [5, 5.41) is 0. The lowest BCUT2D eigenvalue weighted by molar-refractivity contribution is -0.00287. The zero-order chi connectivity index (χ0) is 21.1. The largest absolute Gasteiger partial charge is 0.358 e. The van der Waals surface area contributed by atoms with E-state index in [1.807, 2.05) is 13.8 Å². The van der Waals surface area contributed by atoms with E-state index in [-0.39, 0.29) is 23.6 Å². The Bertz CT molecular complexity index is 1160. The van der Waals surface area contributed by atoms with Gasteiger partial charge in [-0.1, -0.05) is 0 Å². The van der Waals surface area contributed by atoms with E-state index in [4.69, 9.17) is 9.47 Å². The first-order chi connectivity index (χ1) is 14.6. The predicted octanol–water partition coefficient (Wildman–Crippen LogP) is 1.10. The molecule has 0 spiro atoms. The molecule has 4 aromatic rings. The fourth-order valence-electron chi connectivity index (χ4n) is 3.13. The van der Waals surface area contributed by atoms with E-state index in [0.717, 1.165) is 12.8 Å². The van der Waals surface area contributed by atoms with E-state index < -0.39 is 0 Å². The third-order valence-corrected chi connectivity index (χ3v) is 4.77. The van der Waals surface area contributed by atoms with Crippen LogP contribution in [0, 0.1) is 0 Å². The van der Waals surface area contributed by atoms with Crippen molar-refractivity contribution in [2.45, 2.75) is 39.1 Å². The third-order valence-electron chi connectivity index (χ3n) is 4.77. The number of fused-ring (bicyclic) bond motifs is 2. The average Bonchev–Trinajstić information content (AvgIpc) is 3.36. The van der Waals surface area contributed by atoms with E-state index in [2.05, 4.69) is 29.9 Å². The molecule has 0 radical (unpaired) electrons. The van der Waals surface area contributed by atoms with Crippen molar-refractivity contribution in [3.05, 3.63) is 46.0 Å². The maximum absolute atomic E-state index is 11.7. The second-order valence-corrected chi connectivity index (χ2v) is 6.76. The molecule has 0 saturated heterocycles. The van der Waals surface area contributed by atoms with Crippen LogP contribution in [0.1, 0.15) is 39.1 Å². The SMILES string of the molecule is CC(OCCCCOC(C)n1cnc2c(=O)[nH]cnc21)n1cnc2c(=O)[nH]cnc21. The minimum Gasteiger partial charge on any atom is -0.358 e. The van der Waals surface area contributed by atoms with Crippen molar-refractivity contribution in [1.82, 2.24) is 39.0 Å². The third kappa shape index (κ3) is 3.86. The number of ether oxygens (including phenoxy) is 2. The Morgan fingerprint density at radius 1 is 0.800 bits per heavy atom. The normalized spacial score (nSPS) is 13.8. The number of unbranched alkanes of at least 4 members (excludes halogenated alkanes) is 1. The Morgan fingerprint density at radius 2 is 1.23 bits per heavy atom. The van der Waals surface area contributed by atoms with Crippen LogP contribution in [0.5, 0.6) is 0 Å². The molecule has 0 aliphatic carbocycles. The number of imidazole rings is 2. The Hall–Kier alpha value is -3.38. The molecule has 2 N–H and O–H groups in total. The summed E-state index contributed by atoms with van der Waals surface area (Å²) in [5.41, 5.74) is 1.01. The smallest absolute Gasteiger partial charge is 0.278 e. The highest BCUT2D eigenvalue weighted by molar-refractivity contribution is 5.69. The van der Waals surface area contributed by atoms with Crippen LogP contribution < -0.4 is 11.1 Å². The number of nitrogens with zero attached hydrogens (tertiary/aromatic N) is 6. The molecule has 4 rings (SSSR count). The Kier molecular flexibility index (Phi) is 5.68. The van der Waals surface area contributed by atoms with Gasteiger partial charge in [-0.25, -0.2) is 19.9 Å². The minimum atomic E-state index is -0.300. The van der Waals surface area contributed by atoms with Gasteiger partial charge < -0.3 is 19.4 Å². The summed E-state index contributed by atoms with van der Waals surface area (Å²) in [4.78, 5) is 45.0. The number of H-pyrrole nitrogens is 2. The van der Waals surface area contributed by atoms with E-state index in [1.54, 1.807) is 21.8 Å². The summed E-state index contributed by atoms with van der Waals surface area (Å²) in [7, 11) is 0. The van der Waals surface area contributed by atoms with Gasteiger partial charge in [0, 0.05) is 13.2 Å². The summed E-state index contributed by atoms with van der Waals surface area (Å²) in [6.45, 7) is 4.79. The summed E-state index contributed by atoms with van der Waals surface area (Å²) >= 11 is 0. The topological polar surface area (TPSA) is 146 Å². The van der Waals surface area contributed by atoms with Crippen molar-refractivity contribution in [2.75, 3.05) is 13.2 Å². The molecule has 0 aromatic carbocycles. The van der Waals surface area contributed by atoms with E-state index in [1.165, 1.54) is 12.7 Å². The summed E-state index contributed by atoms with van der Waals surface area (Å²) < 4.78 is 15.1. The van der Waals surface area contributed by atoms with Crippen molar-refractivity contribution < 1.29 is 9.47 Å². The Balaban J connectivity index is 1.23. The van der Waals surface area contributed by atoms with E-state index in [9.17, 15) is 9.59 Å². The molecule has 2 atom stereocenters.